The van der Waals surface area contributed by atoms with Crippen molar-refractivity contribution in [3.8, 4) is 0 Å². The lowest BCUT2D eigenvalue weighted by Crippen LogP contribution is -2.40. The Hall–Kier alpha value is -1.26. The number of fused-ring (bicyclic) bond motifs is 1. The molecular formula is C15H17ClN2OS. The van der Waals surface area contributed by atoms with Crippen molar-refractivity contribution in [2.24, 2.45) is 5.92 Å². The van der Waals surface area contributed by atoms with Crippen LogP contribution in [0.5, 0.6) is 0 Å². The number of carbonyl (C=O) groups is 1. The number of nitrogen functional groups attached to an aromatic ring is 1. The van der Waals surface area contributed by atoms with E-state index in [-0.39, 0.29) is 11.9 Å². The van der Waals surface area contributed by atoms with Gasteiger partial charge in [0.05, 0.1) is 5.69 Å². The van der Waals surface area contributed by atoms with Crippen LogP contribution in [0.3, 0.4) is 0 Å². The van der Waals surface area contributed by atoms with Crippen LogP contribution in [-0.2, 0) is 0 Å². The van der Waals surface area contributed by atoms with Gasteiger partial charge in [0.2, 0.25) is 0 Å². The highest BCUT2D eigenvalue weighted by molar-refractivity contribution is 7.21. The maximum absolute atomic E-state index is 12.4. The number of thiophene rings is 1. The van der Waals surface area contributed by atoms with Crippen molar-refractivity contribution in [3.05, 3.63) is 28.1 Å². The molecule has 1 amide bonds. The van der Waals surface area contributed by atoms with Crippen molar-refractivity contribution >= 4 is 44.6 Å². The number of halogens is 1. The molecule has 1 fully saturated rings. The van der Waals surface area contributed by atoms with Crippen LogP contribution < -0.4 is 11.1 Å². The average Bonchev–Trinajstić information content (AvgIpc) is 2.63. The quantitative estimate of drug-likeness (QED) is 0.898. The second-order valence-corrected chi connectivity index (χ2v) is 6.93. The van der Waals surface area contributed by atoms with Gasteiger partial charge in [-0.2, -0.15) is 0 Å². The van der Waals surface area contributed by atoms with Crippen molar-refractivity contribution in [2.45, 2.75) is 32.2 Å². The van der Waals surface area contributed by atoms with Crippen molar-refractivity contribution in [2.75, 3.05) is 5.73 Å². The predicted molar refractivity (Wildman–Crippen MR) is 85.5 cm³/mol. The summed E-state index contributed by atoms with van der Waals surface area (Å²) in [5.41, 5.74) is 6.65. The van der Waals surface area contributed by atoms with Crippen LogP contribution in [0.25, 0.3) is 10.1 Å². The predicted octanol–water partition coefficient (Wildman–Crippen LogP) is 4.06. The summed E-state index contributed by atoms with van der Waals surface area (Å²) in [4.78, 5) is 13.0. The molecule has 1 saturated carbocycles. The molecular weight excluding hydrogens is 292 g/mol. The third kappa shape index (κ3) is 2.38. The van der Waals surface area contributed by atoms with Crippen LogP contribution in [0.4, 0.5) is 5.69 Å². The molecule has 0 radical (unpaired) electrons. The first-order valence-corrected chi connectivity index (χ1v) is 8.04. The Balaban J connectivity index is 1.85. The fraction of sp³-hybridized carbons (Fsp3) is 0.400. The monoisotopic (exact) mass is 308 g/mol. The summed E-state index contributed by atoms with van der Waals surface area (Å²) in [6, 6.07) is 5.73. The van der Waals surface area contributed by atoms with Gasteiger partial charge < -0.3 is 11.1 Å². The van der Waals surface area contributed by atoms with Crippen molar-refractivity contribution < 1.29 is 4.79 Å². The van der Waals surface area contributed by atoms with Crippen molar-refractivity contribution in [1.82, 2.24) is 5.32 Å². The van der Waals surface area contributed by atoms with Crippen LogP contribution in [0.1, 0.15) is 35.9 Å². The van der Waals surface area contributed by atoms with E-state index in [0.29, 0.717) is 21.5 Å². The molecule has 1 atom stereocenters. The summed E-state index contributed by atoms with van der Waals surface area (Å²) < 4.78 is 0.955. The number of hydrogen-bond acceptors (Lipinski definition) is 3. The summed E-state index contributed by atoms with van der Waals surface area (Å²) >= 11 is 7.38. The van der Waals surface area contributed by atoms with Gasteiger partial charge in [0.25, 0.3) is 5.91 Å². The zero-order valence-electron chi connectivity index (χ0n) is 11.3. The third-order valence-electron chi connectivity index (χ3n) is 4.11. The van der Waals surface area contributed by atoms with Crippen LogP contribution in [0.2, 0.25) is 5.02 Å². The molecule has 1 unspecified atom stereocenters. The van der Waals surface area contributed by atoms with Crippen LogP contribution in [-0.4, -0.2) is 11.9 Å². The van der Waals surface area contributed by atoms with Gasteiger partial charge >= 0.3 is 0 Å². The highest BCUT2D eigenvalue weighted by Gasteiger charge is 2.26. The van der Waals surface area contributed by atoms with Gasteiger partial charge in [0.15, 0.2) is 0 Å². The van der Waals surface area contributed by atoms with E-state index in [1.54, 1.807) is 6.07 Å². The molecule has 0 bridgehead atoms. The van der Waals surface area contributed by atoms with Gasteiger partial charge in [-0.05, 0) is 43.9 Å². The van der Waals surface area contributed by atoms with Crippen molar-refractivity contribution in [3.63, 3.8) is 0 Å². The normalized spacial score (nSPS) is 16.9. The van der Waals surface area contributed by atoms with Gasteiger partial charge in [-0.15, -0.1) is 11.3 Å². The molecule has 20 heavy (non-hydrogen) atoms. The Labute approximate surface area is 127 Å². The topological polar surface area (TPSA) is 55.1 Å². The molecule has 1 aliphatic rings. The first kappa shape index (κ1) is 13.7. The van der Waals surface area contributed by atoms with Crippen LogP contribution in [0.15, 0.2) is 18.2 Å². The smallest absolute Gasteiger partial charge is 0.263 e. The van der Waals surface area contributed by atoms with Crippen LogP contribution in [0, 0.1) is 5.92 Å². The van der Waals surface area contributed by atoms with Gasteiger partial charge in [0, 0.05) is 21.2 Å². The van der Waals surface area contributed by atoms with E-state index in [1.807, 2.05) is 12.1 Å². The lowest BCUT2D eigenvalue weighted by Gasteiger charge is -2.31. The maximum atomic E-state index is 12.4. The van der Waals surface area contributed by atoms with E-state index in [0.717, 1.165) is 10.1 Å². The minimum atomic E-state index is -0.0702. The standard InChI is InChI=1S/C15H17ClN2OS/c1-8(9-3-2-4-9)18-15(19)14-13(17)11-6-5-10(16)7-12(11)20-14/h5-9H,2-4,17H2,1H3,(H,18,19). The maximum Gasteiger partial charge on any atom is 0.263 e. The van der Waals surface area contributed by atoms with E-state index >= 15 is 0 Å². The summed E-state index contributed by atoms with van der Waals surface area (Å²) in [6.07, 6.45) is 3.69. The minimum Gasteiger partial charge on any atom is -0.397 e. The minimum absolute atomic E-state index is 0.0702. The highest BCUT2D eigenvalue weighted by Crippen LogP contribution is 2.35. The molecule has 5 heteroatoms. The number of amides is 1. The molecule has 1 heterocycles. The molecule has 3 rings (SSSR count). The number of nitrogens with two attached hydrogens (primary N) is 1. The number of rotatable bonds is 3. The Bertz CT molecular complexity index is 663. The Morgan fingerprint density at radius 2 is 2.25 bits per heavy atom. The summed E-state index contributed by atoms with van der Waals surface area (Å²) in [6.45, 7) is 2.07. The van der Waals surface area contributed by atoms with Gasteiger partial charge in [-0.25, -0.2) is 0 Å². The van der Waals surface area contributed by atoms with Crippen molar-refractivity contribution in [1.29, 1.82) is 0 Å². The molecule has 3 nitrogen and oxygen atoms in total. The number of benzene rings is 1. The molecule has 1 aromatic heterocycles. The van der Waals surface area contributed by atoms with Gasteiger partial charge in [-0.1, -0.05) is 18.0 Å². The molecule has 3 N–H and O–H groups in total. The lowest BCUT2D eigenvalue weighted by molar-refractivity contribution is 0.0914. The fourth-order valence-electron chi connectivity index (χ4n) is 2.59. The molecule has 2 aromatic rings. The Kier molecular flexibility index (Phi) is 3.61. The molecule has 0 saturated heterocycles. The van der Waals surface area contributed by atoms with E-state index in [2.05, 4.69) is 12.2 Å². The van der Waals surface area contributed by atoms with Gasteiger partial charge in [-0.3, -0.25) is 4.79 Å². The van der Waals surface area contributed by atoms with Gasteiger partial charge in [0.1, 0.15) is 4.88 Å². The largest absolute Gasteiger partial charge is 0.397 e. The van der Waals surface area contributed by atoms with E-state index in [4.69, 9.17) is 17.3 Å². The van der Waals surface area contributed by atoms with E-state index in [1.165, 1.54) is 30.6 Å². The summed E-state index contributed by atoms with van der Waals surface area (Å²) in [5.74, 6) is 0.545. The highest BCUT2D eigenvalue weighted by atomic mass is 35.5. The molecule has 0 aliphatic heterocycles. The number of hydrogen-bond donors (Lipinski definition) is 2. The first-order valence-electron chi connectivity index (χ1n) is 6.84. The lowest BCUT2D eigenvalue weighted by atomic mass is 9.80. The summed E-state index contributed by atoms with van der Waals surface area (Å²) in [7, 11) is 0. The Morgan fingerprint density at radius 3 is 2.90 bits per heavy atom. The summed E-state index contributed by atoms with van der Waals surface area (Å²) in [5, 5.41) is 4.64. The van der Waals surface area contributed by atoms with Crippen LogP contribution >= 0.6 is 22.9 Å². The molecule has 0 spiro atoms. The molecule has 1 aromatic carbocycles. The molecule has 1 aliphatic carbocycles. The zero-order valence-corrected chi connectivity index (χ0v) is 12.9. The number of carbonyl (C=O) groups excluding carboxylic acids is 1. The van der Waals surface area contributed by atoms with E-state index in [9.17, 15) is 4.79 Å². The second kappa shape index (κ2) is 5.26. The number of anilines is 1. The fourth-order valence-corrected chi connectivity index (χ4v) is 3.89. The average molecular weight is 309 g/mol. The molecule has 106 valence electrons. The SMILES string of the molecule is CC(NC(=O)c1sc2cc(Cl)ccc2c1N)C1CCC1. The van der Waals surface area contributed by atoms with E-state index < -0.39 is 0 Å². The third-order valence-corrected chi connectivity index (χ3v) is 5.51. The zero-order chi connectivity index (χ0) is 14.3. The Morgan fingerprint density at radius 1 is 1.50 bits per heavy atom. The second-order valence-electron chi connectivity index (χ2n) is 5.44. The first-order chi connectivity index (χ1) is 9.56. The number of nitrogens with one attached hydrogen (secondary N) is 1.